The first-order valence-corrected chi connectivity index (χ1v) is 12.3. The largest absolute Gasteiger partial charge is 0.497 e. The molecular formula is C28H31N3O4. The molecule has 7 heteroatoms. The van der Waals surface area contributed by atoms with Gasteiger partial charge in [0.1, 0.15) is 12.3 Å². The first-order chi connectivity index (χ1) is 17.1. The van der Waals surface area contributed by atoms with Crippen molar-refractivity contribution in [2.75, 3.05) is 32.1 Å². The predicted molar refractivity (Wildman–Crippen MR) is 133 cm³/mol. The lowest BCUT2D eigenvalue weighted by Gasteiger charge is -2.58. The van der Waals surface area contributed by atoms with Crippen molar-refractivity contribution in [3.05, 3.63) is 59.7 Å². The van der Waals surface area contributed by atoms with Gasteiger partial charge in [-0.2, -0.15) is 0 Å². The Morgan fingerprint density at radius 1 is 1.17 bits per heavy atom. The van der Waals surface area contributed by atoms with E-state index in [9.17, 15) is 14.7 Å². The summed E-state index contributed by atoms with van der Waals surface area (Å²) in [4.78, 5) is 29.1. The average Bonchev–Trinajstić information content (AvgIpc) is 3.38. The van der Waals surface area contributed by atoms with Gasteiger partial charge in [-0.1, -0.05) is 42.9 Å². The number of methoxy groups -OCH3 is 1. The highest BCUT2D eigenvalue weighted by molar-refractivity contribution is 5.94. The van der Waals surface area contributed by atoms with Crippen molar-refractivity contribution in [1.29, 1.82) is 0 Å². The monoisotopic (exact) mass is 473 g/mol. The molecule has 2 saturated heterocycles. The van der Waals surface area contributed by atoms with E-state index in [1.807, 2.05) is 24.3 Å². The fourth-order valence-corrected chi connectivity index (χ4v) is 5.60. The van der Waals surface area contributed by atoms with Crippen LogP contribution in [0.15, 0.2) is 48.5 Å². The molecule has 0 bridgehead atoms. The van der Waals surface area contributed by atoms with Crippen molar-refractivity contribution in [1.82, 2.24) is 9.80 Å². The fourth-order valence-electron chi connectivity index (χ4n) is 5.60. The van der Waals surface area contributed by atoms with Crippen LogP contribution in [0.5, 0.6) is 5.75 Å². The number of hydrogen-bond donors (Lipinski definition) is 2. The van der Waals surface area contributed by atoms with Crippen molar-refractivity contribution >= 4 is 17.6 Å². The smallest absolute Gasteiger partial charge is 0.322 e. The second-order valence-electron chi connectivity index (χ2n) is 9.56. The Balaban J connectivity index is 1.29. The van der Waals surface area contributed by atoms with Crippen LogP contribution >= 0.6 is 0 Å². The van der Waals surface area contributed by atoms with E-state index in [1.165, 1.54) is 25.7 Å². The van der Waals surface area contributed by atoms with Crippen molar-refractivity contribution in [2.45, 2.75) is 43.7 Å². The lowest BCUT2D eigenvalue weighted by Crippen LogP contribution is -2.73. The Hall–Kier alpha value is -3.50. The lowest BCUT2D eigenvalue weighted by atomic mass is 9.73. The Morgan fingerprint density at radius 2 is 1.94 bits per heavy atom. The molecule has 0 aromatic heterocycles. The molecule has 2 aromatic carbocycles. The summed E-state index contributed by atoms with van der Waals surface area (Å²) in [5, 5.41) is 12.9. The summed E-state index contributed by atoms with van der Waals surface area (Å²) in [6.45, 7) is 0.295. The predicted octanol–water partition coefficient (Wildman–Crippen LogP) is 3.44. The minimum Gasteiger partial charge on any atom is -0.497 e. The van der Waals surface area contributed by atoms with Gasteiger partial charge in [0.2, 0.25) is 5.91 Å². The highest BCUT2D eigenvalue weighted by Crippen LogP contribution is 2.43. The summed E-state index contributed by atoms with van der Waals surface area (Å²) < 4.78 is 5.22. The first-order valence-electron chi connectivity index (χ1n) is 12.3. The van der Waals surface area contributed by atoms with Crippen LogP contribution in [0.2, 0.25) is 0 Å². The molecule has 2 aliphatic heterocycles. The Kier molecular flexibility index (Phi) is 6.65. The van der Waals surface area contributed by atoms with Gasteiger partial charge in [-0.05, 0) is 42.7 Å². The number of aliphatic hydroxyl groups excluding tert-OH is 1. The van der Waals surface area contributed by atoms with Gasteiger partial charge in [-0.3, -0.25) is 4.79 Å². The van der Waals surface area contributed by atoms with Gasteiger partial charge >= 0.3 is 6.03 Å². The number of amides is 3. The maximum absolute atomic E-state index is 12.9. The lowest BCUT2D eigenvalue weighted by molar-refractivity contribution is -0.159. The summed E-state index contributed by atoms with van der Waals surface area (Å²) >= 11 is 0. The van der Waals surface area contributed by atoms with Crippen LogP contribution in [0, 0.1) is 17.8 Å². The number of aliphatic hydroxyl groups is 1. The number of benzene rings is 2. The standard InChI is InChI=1S/C28H31N3O4/c1-35-23-8-4-7-22(15-23)29-28(34)30-16-24-27(25(18-32)31(24)26(33)17-30)21-13-11-20(12-14-21)10-9-19-5-2-3-6-19/h4,7-8,11-15,19,24-25,27,32H,2-3,5-6,16-18H2,1H3,(H,29,34)/t24-,25+,27-/m0/s1. The maximum Gasteiger partial charge on any atom is 0.322 e. The van der Waals surface area contributed by atoms with Crippen molar-refractivity contribution in [3.63, 3.8) is 0 Å². The number of nitrogens with one attached hydrogen (secondary N) is 1. The molecule has 5 rings (SSSR count). The van der Waals surface area contributed by atoms with E-state index in [4.69, 9.17) is 4.74 Å². The molecule has 7 nitrogen and oxygen atoms in total. The van der Waals surface area contributed by atoms with Crippen molar-refractivity contribution in [2.24, 2.45) is 5.92 Å². The summed E-state index contributed by atoms with van der Waals surface area (Å²) in [6, 6.07) is 14.5. The van der Waals surface area contributed by atoms with Gasteiger partial charge < -0.3 is 25.0 Å². The van der Waals surface area contributed by atoms with Crippen LogP contribution in [-0.4, -0.2) is 65.7 Å². The van der Waals surface area contributed by atoms with E-state index < -0.39 is 0 Å². The van der Waals surface area contributed by atoms with Crippen LogP contribution in [0.3, 0.4) is 0 Å². The van der Waals surface area contributed by atoms with Crippen LogP contribution in [0.25, 0.3) is 0 Å². The van der Waals surface area contributed by atoms with Gasteiger partial charge in [-0.25, -0.2) is 4.79 Å². The highest BCUT2D eigenvalue weighted by atomic mass is 16.5. The number of nitrogens with zero attached hydrogens (tertiary/aromatic N) is 2. The molecule has 0 spiro atoms. The molecule has 0 unspecified atom stereocenters. The Labute approximate surface area is 206 Å². The normalized spacial score (nSPS) is 23.7. The van der Waals surface area contributed by atoms with Gasteiger partial charge in [0.15, 0.2) is 0 Å². The van der Waals surface area contributed by atoms with E-state index >= 15 is 0 Å². The molecule has 3 atom stereocenters. The zero-order chi connectivity index (χ0) is 24.4. The summed E-state index contributed by atoms with van der Waals surface area (Å²) in [5.74, 6) is 7.66. The number of ether oxygens (including phenoxy) is 1. The number of anilines is 1. The minimum absolute atomic E-state index is 0.00871. The molecule has 2 heterocycles. The number of carbonyl (C=O) groups excluding carboxylic acids is 2. The highest BCUT2D eigenvalue weighted by Gasteiger charge is 2.54. The van der Waals surface area contributed by atoms with Crippen LogP contribution in [0.1, 0.15) is 42.7 Å². The molecule has 3 fully saturated rings. The van der Waals surface area contributed by atoms with E-state index in [2.05, 4.69) is 17.2 Å². The molecule has 35 heavy (non-hydrogen) atoms. The molecule has 3 aliphatic rings. The maximum atomic E-state index is 12.9. The van der Waals surface area contributed by atoms with Gasteiger partial charge in [0.25, 0.3) is 0 Å². The number of urea groups is 1. The third-order valence-corrected chi connectivity index (χ3v) is 7.43. The van der Waals surface area contributed by atoms with E-state index in [-0.39, 0.29) is 43.1 Å². The molecule has 2 N–H and O–H groups in total. The zero-order valence-electron chi connectivity index (χ0n) is 19.9. The van der Waals surface area contributed by atoms with Crippen LogP contribution in [0.4, 0.5) is 10.5 Å². The molecule has 1 aliphatic carbocycles. The Morgan fingerprint density at radius 3 is 2.66 bits per heavy atom. The summed E-state index contributed by atoms with van der Waals surface area (Å²) in [5.41, 5.74) is 2.65. The van der Waals surface area contributed by atoms with Crippen molar-refractivity contribution < 1.29 is 19.4 Å². The molecule has 0 radical (unpaired) electrons. The SMILES string of the molecule is COc1cccc(NC(=O)N2CC(=O)N3[C@H](CO)[C@@H](c4ccc(C#CC5CCCC5)cc4)[C@@H]3C2)c1. The second kappa shape index (κ2) is 10.0. The minimum atomic E-state index is -0.324. The quantitative estimate of drug-likeness (QED) is 0.667. The van der Waals surface area contributed by atoms with Gasteiger partial charge in [0.05, 0.1) is 25.8 Å². The number of hydrogen-bond acceptors (Lipinski definition) is 4. The number of fused-ring (bicyclic) bond motifs is 1. The zero-order valence-corrected chi connectivity index (χ0v) is 19.9. The Bertz CT molecular complexity index is 1150. The van der Waals surface area contributed by atoms with Gasteiger partial charge in [-0.15, -0.1) is 0 Å². The number of carbonyl (C=O) groups is 2. The topological polar surface area (TPSA) is 82.1 Å². The van der Waals surface area contributed by atoms with Crippen LogP contribution in [-0.2, 0) is 4.79 Å². The molecule has 1 saturated carbocycles. The average molecular weight is 474 g/mol. The van der Waals surface area contributed by atoms with E-state index in [0.717, 1.165) is 11.1 Å². The molecule has 3 amide bonds. The summed E-state index contributed by atoms with van der Waals surface area (Å²) in [7, 11) is 1.57. The summed E-state index contributed by atoms with van der Waals surface area (Å²) in [6.07, 6.45) is 4.93. The van der Waals surface area contributed by atoms with E-state index in [0.29, 0.717) is 23.9 Å². The van der Waals surface area contributed by atoms with Crippen molar-refractivity contribution in [3.8, 4) is 17.6 Å². The molecule has 2 aromatic rings. The number of piperazine rings is 1. The fraction of sp³-hybridized carbons (Fsp3) is 0.429. The van der Waals surface area contributed by atoms with E-state index in [1.54, 1.807) is 41.2 Å². The second-order valence-corrected chi connectivity index (χ2v) is 9.56. The molecular weight excluding hydrogens is 442 g/mol. The third-order valence-electron chi connectivity index (χ3n) is 7.43. The van der Waals surface area contributed by atoms with Crippen LogP contribution < -0.4 is 10.1 Å². The first kappa shape index (κ1) is 23.3. The molecule has 182 valence electrons. The van der Waals surface area contributed by atoms with Gasteiger partial charge in [0, 0.05) is 35.7 Å². The third kappa shape index (κ3) is 4.71. The number of rotatable bonds is 4.